The molecule has 0 radical (unpaired) electrons. The monoisotopic (exact) mass is 271 g/mol. The first kappa shape index (κ1) is 13.9. The van der Waals surface area contributed by atoms with Crippen molar-refractivity contribution in [2.45, 2.75) is 6.61 Å². The van der Waals surface area contributed by atoms with Gasteiger partial charge in [-0.2, -0.15) is 0 Å². The Hall–Kier alpha value is -2.49. The SMILES string of the molecule is CNC(=O)c1cc(OC)cc(OCc2ccccc2)c1. The quantitative estimate of drug-likeness (QED) is 0.909. The van der Waals surface area contributed by atoms with E-state index in [1.165, 1.54) is 0 Å². The molecule has 1 N–H and O–H groups in total. The fraction of sp³-hybridized carbons (Fsp3) is 0.188. The van der Waals surface area contributed by atoms with Crippen molar-refractivity contribution in [1.82, 2.24) is 5.32 Å². The van der Waals surface area contributed by atoms with Crippen molar-refractivity contribution in [3.63, 3.8) is 0 Å². The zero-order valence-corrected chi connectivity index (χ0v) is 11.6. The molecule has 0 aromatic heterocycles. The maximum absolute atomic E-state index is 11.7. The van der Waals surface area contributed by atoms with Crippen LogP contribution in [0.2, 0.25) is 0 Å². The summed E-state index contributed by atoms with van der Waals surface area (Å²) < 4.78 is 10.9. The number of amides is 1. The Balaban J connectivity index is 2.16. The van der Waals surface area contributed by atoms with Crippen LogP contribution in [0.3, 0.4) is 0 Å². The third-order valence-corrected chi connectivity index (χ3v) is 2.85. The topological polar surface area (TPSA) is 47.6 Å². The number of benzene rings is 2. The molecule has 104 valence electrons. The summed E-state index contributed by atoms with van der Waals surface area (Å²) in [7, 11) is 3.15. The highest BCUT2D eigenvalue weighted by Crippen LogP contribution is 2.23. The second-order valence-corrected chi connectivity index (χ2v) is 4.25. The van der Waals surface area contributed by atoms with Crippen molar-refractivity contribution >= 4 is 5.91 Å². The largest absolute Gasteiger partial charge is 0.497 e. The predicted octanol–water partition coefficient (Wildman–Crippen LogP) is 2.63. The Labute approximate surface area is 118 Å². The molecule has 0 fully saturated rings. The standard InChI is InChI=1S/C16H17NO3/c1-17-16(18)13-8-14(19-2)10-15(9-13)20-11-12-6-4-3-5-7-12/h3-10H,11H2,1-2H3,(H,17,18). The Bertz CT molecular complexity index is 582. The van der Waals surface area contributed by atoms with Crippen molar-refractivity contribution in [2.75, 3.05) is 14.2 Å². The number of rotatable bonds is 5. The summed E-state index contributed by atoms with van der Waals surface area (Å²) >= 11 is 0. The Morgan fingerprint density at radius 1 is 1.10 bits per heavy atom. The van der Waals surface area contributed by atoms with Gasteiger partial charge in [-0.3, -0.25) is 4.79 Å². The molecule has 0 saturated heterocycles. The molecule has 4 nitrogen and oxygen atoms in total. The van der Waals surface area contributed by atoms with E-state index in [0.29, 0.717) is 23.7 Å². The molecule has 0 aliphatic rings. The highest BCUT2D eigenvalue weighted by molar-refractivity contribution is 5.94. The van der Waals surface area contributed by atoms with Crippen LogP contribution < -0.4 is 14.8 Å². The average Bonchev–Trinajstić information content (AvgIpc) is 2.52. The summed E-state index contributed by atoms with van der Waals surface area (Å²) in [5, 5.41) is 2.58. The van der Waals surface area contributed by atoms with Crippen molar-refractivity contribution in [3.8, 4) is 11.5 Å². The molecule has 0 heterocycles. The van der Waals surface area contributed by atoms with E-state index < -0.39 is 0 Å². The summed E-state index contributed by atoms with van der Waals surface area (Å²) in [6.07, 6.45) is 0. The molecule has 2 aromatic rings. The van der Waals surface area contributed by atoms with Gasteiger partial charge < -0.3 is 14.8 Å². The number of nitrogens with one attached hydrogen (secondary N) is 1. The van der Waals surface area contributed by atoms with Gasteiger partial charge in [0.25, 0.3) is 5.91 Å². The van der Waals surface area contributed by atoms with Crippen LogP contribution in [-0.2, 0) is 6.61 Å². The second kappa shape index (κ2) is 6.61. The van der Waals surface area contributed by atoms with Crippen molar-refractivity contribution in [2.24, 2.45) is 0 Å². The van der Waals surface area contributed by atoms with E-state index in [2.05, 4.69) is 5.32 Å². The molecule has 0 unspecified atom stereocenters. The van der Waals surface area contributed by atoms with Crippen LogP contribution in [0.4, 0.5) is 0 Å². The van der Waals surface area contributed by atoms with E-state index >= 15 is 0 Å². The smallest absolute Gasteiger partial charge is 0.251 e. The van der Waals surface area contributed by atoms with Crippen molar-refractivity contribution < 1.29 is 14.3 Å². The minimum atomic E-state index is -0.173. The summed E-state index contributed by atoms with van der Waals surface area (Å²) in [6, 6.07) is 15.0. The second-order valence-electron chi connectivity index (χ2n) is 4.25. The zero-order chi connectivity index (χ0) is 14.4. The molecule has 2 aromatic carbocycles. The van der Waals surface area contributed by atoms with Gasteiger partial charge in [0.1, 0.15) is 18.1 Å². The molecule has 0 bridgehead atoms. The third-order valence-electron chi connectivity index (χ3n) is 2.85. The normalized spacial score (nSPS) is 9.90. The van der Waals surface area contributed by atoms with Gasteiger partial charge in [-0.1, -0.05) is 30.3 Å². The van der Waals surface area contributed by atoms with E-state index in [1.807, 2.05) is 30.3 Å². The molecule has 1 amide bonds. The van der Waals surface area contributed by atoms with Gasteiger partial charge >= 0.3 is 0 Å². The fourth-order valence-electron chi connectivity index (χ4n) is 1.79. The number of ether oxygens (including phenoxy) is 2. The highest BCUT2D eigenvalue weighted by atomic mass is 16.5. The lowest BCUT2D eigenvalue weighted by Gasteiger charge is -2.10. The van der Waals surface area contributed by atoms with E-state index in [-0.39, 0.29) is 5.91 Å². The van der Waals surface area contributed by atoms with Gasteiger partial charge in [-0.05, 0) is 17.7 Å². The van der Waals surface area contributed by atoms with Crippen LogP contribution in [0.15, 0.2) is 48.5 Å². The lowest BCUT2D eigenvalue weighted by atomic mass is 10.2. The molecule has 0 spiro atoms. The van der Waals surface area contributed by atoms with Gasteiger partial charge in [0.2, 0.25) is 0 Å². The zero-order valence-electron chi connectivity index (χ0n) is 11.6. The van der Waals surface area contributed by atoms with E-state index in [9.17, 15) is 4.79 Å². The van der Waals surface area contributed by atoms with Gasteiger partial charge in [0.05, 0.1) is 7.11 Å². The summed E-state index contributed by atoms with van der Waals surface area (Å²) in [5.74, 6) is 1.02. The van der Waals surface area contributed by atoms with Gasteiger partial charge in [-0.15, -0.1) is 0 Å². The highest BCUT2D eigenvalue weighted by Gasteiger charge is 2.08. The minimum Gasteiger partial charge on any atom is -0.497 e. The molecule has 4 heteroatoms. The van der Waals surface area contributed by atoms with Gasteiger partial charge in [0, 0.05) is 18.7 Å². The Kier molecular flexibility index (Phi) is 4.60. The third kappa shape index (κ3) is 3.51. The molecule has 0 atom stereocenters. The molecular formula is C16H17NO3. The van der Waals surface area contributed by atoms with E-state index in [1.54, 1.807) is 32.4 Å². The van der Waals surface area contributed by atoms with Crippen molar-refractivity contribution in [1.29, 1.82) is 0 Å². The number of hydrogen-bond acceptors (Lipinski definition) is 3. The lowest BCUT2D eigenvalue weighted by Crippen LogP contribution is -2.17. The first-order valence-electron chi connectivity index (χ1n) is 6.31. The lowest BCUT2D eigenvalue weighted by molar-refractivity contribution is 0.0962. The van der Waals surface area contributed by atoms with Crippen LogP contribution in [0.5, 0.6) is 11.5 Å². The maximum Gasteiger partial charge on any atom is 0.251 e. The fourth-order valence-corrected chi connectivity index (χ4v) is 1.79. The van der Waals surface area contributed by atoms with E-state index in [0.717, 1.165) is 5.56 Å². The molecule has 20 heavy (non-hydrogen) atoms. The van der Waals surface area contributed by atoms with Gasteiger partial charge in [-0.25, -0.2) is 0 Å². The first-order chi connectivity index (χ1) is 9.72. The van der Waals surface area contributed by atoms with Crippen LogP contribution in [0, 0.1) is 0 Å². The average molecular weight is 271 g/mol. The van der Waals surface area contributed by atoms with E-state index in [4.69, 9.17) is 9.47 Å². The molecule has 2 rings (SSSR count). The van der Waals surface area contributed by atoms with Crippen LogP contribution in [0.25, 0.3) is 0 Å². The molecular weight excluding hydrogens is 254 g/mol. The Morgan fingerprint density at radius 3 is 2.45 bits per heavy atom. The number of methoxy groups -OCH3 is 1. The van der Waals surface area contributed by atoms with Crippen LogP contribution in [0.1, 0.15) is 15.9 Å². The maximum atomic E-state index is 11.7. The van der Waals surface area contributed by atoms with Crippen molar-refractivity contribution in [3.05, 3.63) is 59.7 Å². The molecule has 0 saturated carbocycles. The summed E-state index contributed by atoms with van der Waals surface area (Å²) in [5.41, 5.74) is 1.58. The molecule has 0 aliphatic heterocycles. The predicted molar refractivity (Wildman–Crippen MR) is 77.2 cm³/mol. The van der Waals surface area contributed by atoms with Gasteiger partial charge in [0.15, 0.2) is 0 Å². The minimum absolute atomic E-state index is 0.173. The van der Waals surface area contributed by atoms with Crippen LogP contribution in [-0.4, -0.2) is 20.1 Å². The summed E-state index contributed by atoms with van der Waals surface area (Å²) in [6.45, 7) is 0.446. The first-order valence-corrected chi connectivity index (χ1v) is 6.31. The number of carbonyl (C=O) groups is 1. The number of carbonyl (C=O) groups excluding carboxylic acids is 1. The van der Waals surface area contributed by atoms with Crippen LogP contribution >= 0.6 is 0 Å². The molecule has 0 aliphatic carbocycles. The summed E-state index contributed by atoms with van der Waals surface area (Å²) in [4.78, 5) is 11.7. The number of hydrogen-bond donors (Lipinski definition) is 1. The Morgan fingerprint density at radius 2 is 1.80 bits per heavy atom.